The third-order valence-electron chi connectivity index (χ3n) is 4.54. The fourth-order valence-electron chi connectivity index (χ4n) is 3.43. The van der Waals surface area contributed by atoms with Crippen molar-refractivity contribution in [2.24, 2.45) is 5.41 Å². The molecule has 0 spiro atoms. The van der Waals surface area contributed by atoms with Crippen molar-refractivity contribution in [2.75, 3.05) is 32.1 Å². The first-order valence-corrected chi connectivity index (χ1v) is 8.42. The van der Waals surface area contributed by atoms with E-state index in [2.05, 4.69) is 30.9 Å². The number of hydrogen-bond donors (Lipinski definition) is 1. The summed E-state index contributed by atoms with van der Waals surface area (Å²) in [5, 5.41) is 4.01. The maximum absolute atomic E-state index is 11.2. The summed E-state index contributed by atoms with van der Waals surface area (Å²) in [6.45, 7) is 3.21. The molecule has 4 nitrogen and oxygen atoms in total. The molecule has 1 unspecified atom stereocenters. The van der Waals surface area contributed by atoms with E-state index in [1.165, 1.54) is 39.2 Å². The maximum Gasteiger partial charge on any atom is 0.407 e. The summed E-state index contributed by atoms with van der Waals surface area (Å²) in [5.74, 6) is 0. The fourth-order valence-corrected chi connectivity index (χ4v) is 4.17. The molecule has 110 valence electrons. The van der Waals surface area contributed by atoms with Gasteiger partial charge in [0.05, 0.1) is 7.11 Å². The van der Waals surface area contributed by atoms with Gasteiger partial charge in [-0.1, -0.05) is 35.2 Å². The molecule has 1 saturated heterocycles. The molecule has 0 radical (unpaired) electrons. The van der Waals surface area contributed by atoms with E-state index in [1.54, 1.807) is 0 Å². The largest absolute Gasteiger partial charge is 0.453 e. The zero-order chi connectivity index (χ0) is 13.7. The molecule has 1 aliphatic carbocycles. The Hall–Kier alpha value is -0.290. The standard InChI is InChI=1S/C14H25BrN2O2/c1-19-13(18)16-12-5-8-17(9-12)11-14(10-15)6-3-2-4-7-14/h12H,2-11H2,1H3,(H,16,18). The van der Waals surface area contributed by atoms with Gasteiger partial charge in [-0.15, -0.1) is 0 Å². The van der Waals surface area contributed by atoms with E-state index >= 15 is 0 Å². The average molecular weight is 333 g/mol. The van der Waals surface area contributed by atoms with Crippen molar-refractivity contribution in [3.05, 3.63) is 0 Å². The Morgan fingerprint density at radius 3 is 2.79 bits per heavy atom. The van der Waals surface area contributed by atoms with Gasteiger partial charge in [-0.2, -0.15) is 0 Å². The molecule has 2 fully saturated rings. The Morgan fingerprint density at radius 1 is 1.42 bits per heavy atom. The molecule has 1 saturated carbocycles. The topological polar surface area (TPSA) is 41.6 Å². The van der Waals surface area contributed by atoms with Gasteiger partial charge in [0.1, 0.15) is 0 Å². The second kappa shape index (κ2) is 6.93. The lowest BCUT2D eigenvalue weighted by Gasteiger charge is -2.39. The maximum atomic E-state index is 11.2. The minimum absolute atomic E-state index is 0.253. The van der Waals surface area contributed by atoms with E-state index in [4.69, 9.17) is 0 Å². The molecular weight excluding hydrogens is 308 g/mol. The molecule has 5 heteroatoms. The van der Waals surface area contributed by atoms with Crippen molar-refractivity contribution < 1.29 is 9.53 Å². The molecule has 1 N–H and O–H groups in total. The Kier molecular flexibility index (Phi) is 5.51. The van der Waals surface area contributed by atoms with Crippen molar-refractivity contribution in [1.82, 2.24) is 10.2 Å². The average Bonchev–Trinajstić information content (AvgIpc) is 2.86. The van der Waals surface area contributed by atoms with Gasteiger partial charge in [-0.25, -0.2) is 4.79 Å². The lowest BCUT2D eigenvalue weighted by molar-refractivity contribution is 0.141. The number of hydrogen-bond acceptors (Lipinski definition) is 3. The van der Waals surface area contributed by atoms with Gasteiger partial charge in [-0.05, 0) is 24.7 Å². The molecule has 19 heavy (non-hydrogen) atoms. The SMILES string of the molecule is COC(=O)NC1CCN(CC2(CBr)CCCCC2)C1. The molecule has 0 bridgehead atoms. The lowest BCUT2D eigenvalue weighted by Crippen LogP contribution is -2.42. The number of alkyl halides is 1. The molecule has 0 aromatic heterocycles. The Morgan fingerprint density at radius 2 is 2.16 bits per heavy atom. The van der Waals surface area contributed by atoms with Crippen molar-refractivity contribution in [3.8, 4) is 0 Å². The summed E-state index contributed by atoms with van der Waals surface area (Å²) >= 11 is 3.73. The Balaban J connectivity index is 1.81. The van der Waals surface area contributed by atoms with Gasteiger partial charge in [0.25, 0.3) is 0 Å². The number of rotatable bonds is 4. The van der Waals surface area contributed by atoms with Crippen LogP contribution in [0, 0.1) is 5.41 Å². The first kappa shape index (κ1) is 15.1. The van der Waals surface area contributed by atoms with Gasteiger partial charge < -0.3 is 15.0 Å². The van der Waals surface area contributed by atoms with Gasteiger partial charge >= 0.3 is 6.09 Å². The number of likely N-dealkylation sites (tertiary alicyclic amines) is 1. The van der Waals surface area contributed by atoms with Gasteiger partial charge in [0, 0.05) is 31.0 Å². The van der Waals surface area contributed by atoms with Crippen LogP contribution in [0.25, 0.3) is 0 Å². The van der Waals surface area contributed by atoms with Crippen LogP contribution in [0.4, 0.5) is 4.79 Å². The van der Waals surface area contributed by atoms with Crippen molar-refractivity contribution in [2.45, 2.75) is 44.6 Å². The predicted octanol–water partition coefficient (Wildman–Crippen LogP) is 2.76. The molecule has 1 heterocycles. The highest BCUT2D eigenvalue weighted by Gasteiger charge is 2.35. The number of ether oxygens (including phenoxy) is 1. The summed E-state index contributed by atoms with van der Waals surface area (Å²) in [7, 11) is 1.42. The smallest absolute Gasteiger partial charge is 0.407 e. The van der Waals surface area contributed by atoms with Gasteiger partial charge in [0.2, 0.25) is 0 Å². The number of alkyl carbamates (subject to hydrolysis) is 1. The minimum atomic E-state index is -0.306. The van der Waals surface area contributed by atoms with Crippen LogP contribution in [0.2, 0.25) is 0 Å². The van der Waals surface area contributed by atoms with E-state index in [0.717, 1.165) is 31.4 Å². The highest BCUT2D eigenvalue weighted by molar-refractivity contribution is 9.09. The highest BCUT2D eigenvalue weighted by atomic mass is 79.9. The van der Waals surface area contributed by atoms with E-state index in [-0.39, 0.29) is 12.1 Å². The van der Waals surface area contributed by atoms with Crippen LogP contribution in [-0.4, -0.2) is 49.1 Å². The zero-order valence-corrected chi connectivity index (χ0v) is 13.4. The second-order valence-corrected chi connectivity index (χ2v) is 6.61. The Labute approximate surface area is 124 Å². The minimum Gasteiger partial charge on any atom is -0.453 e. The van der Waals surface area contributed by atoms with Crippen molar-refractivity contribution >= 4 is 22.0 Å². The first-order valence-electron chi connectivity index (χ1n) is 7.30. The van der Waals surface area contributed by atoms with E-state index in [1.807, 2.05) is 0 Å². The molecule has 1 aliphatic heterocycles. The number of carbonyl (C=O) groups is 1. The number of amides is 1. The third-order valence-corrected chi connectivity index (χ3v) is 5.73. The molecule has 0 aromatic rings. The quantitative estimate of drug-likeness (QED) is 0.805. The van der Waals surface area contributed by atoms with Crippen LogP contribution in [0.3, 0.4) is 0 Å². The van der Waals surface area contributed by atoms with Crippen molar-refractivity contribution in [1.29, 1.82) is 0 Å². The predicted molar refractivity (Wildman–Crippen MR) is 79.7 cm³/mol. The number of carbonyl (C=O) groups excluding carboxylic acids is 1. The normalized spacial score (nSPS) is 27.2. The highest BCUT2D eigenvalue weighted by Crippen LogP contribution is 2.39. The number of methoxy groups -OCH3 is 1. The second-order valence-electron chi connectivity index (χ2n) is 6.05. The van der Waals surface area contributed by atoms with E-state index < -0.39 is 0 Å². The lowest BCUT2D eigenvalue weighted by atomic mass is 9.75. The molecule has 2 aliphatic rings. The summed E-state index contributed by atoms with van der Waals surface area (Å²) in [6, 6.07) is 0.253. The summed E-state index contributed by atoms with van der Waals surface area (Å²) in [6.07, 6.45) is 7.52. The molecular formula is C14H25BrN2O2. The van der Waals surface area contributed by atoms with E-state index in [9.17, 15) is 4.79 Å². The summed E-state index contributed by atoms with van der Waals surface area (Å²) < 4.78 is 4.66. The van der Waals surface area contributed by atoms with Crippen LogP contribution in [0.5, 0.6) is 0 Å². The van der Waals surface area contributed by atoms with Crippen LogP contribution in [0.15, 0.2) is 0 Å². The van der Waals surface area contributed by atoms with Gasteiger partial charge in [-0.3, -0.25) is 0 Å². The third kappa shape index (κ3) is 4.09. The van der Waals surface area contributed by atoms with Crippen LogP contribution in [0.1, 0.15) is 38.5 Å². The van der Waals surface area contributed by atoms with Crippen LogP contribution >= 0.6 is 15.9 Å². The molecule has 1 atom stereocenters. The van der Waals surface area contributed by atoms with Gasteiger partial charge in [0.15, 0.2) is 0 Å². The summed E-state index contributed by atoms with van der Waals surface area (Å²) in [5.41, 5.74) is 0.457. The summed E-state index contributed by atoms with van der Waals surface area (Å²) in [4.78, 5) is 13.7. The van der Waals surface area contributed by atoms with E-state index in [0.29, 0.717) is 5.41 Å². The molecule has 1 amide bonds. The van der Waals surface area contributed by atoms with Crippen LogP contribution < -0.4 is 5.32 Å². The number of nitrogens with zero attached hydrogens (tertiary/aromatic N) is 1. The van der Waals surface area contributed by atoms with Crippen LogP contribution in [-0.2, 0) is 4.74 Å². The van der Waals surface area contributed by atoms with Crippen molar-refractivity contribution in [3.63, 3.8) is 0 Å². The fraction of sp³-hybridized carbons (Fsp3) is 0.929. The monoisotopic (exact) mass is 332 g/mol. The molecule has 0 aromatic carbocycles. The first-order chi connectivity index (χ1) is 9.17. The Bertz CT molecular complexity index is 306. The number of nitrogens with one attached hydrogen (secondary N) is 1. The molecule has 2 rings (SSSR count). The number of halogens is 1. The zero-order valence-electron chi connectivity index (χ0n) is 11.8.